The standard InChI is InChI=1S/C57H41NS/c1-57(52-26-14-11-23-48(52)49-24-12-15-27-53(49)57)55-43(31-34-51-50-25-13-16-28-54(50)59-56(51)55)38-58(46-32-29-42(30-33-46)39-17-5-2-6-18-39)47-36-44(40-19-7-3-8-20-40)35-45(37-47)41-21-9-4-10-22-41/h2-37H,38H2,1H3. The fourth-order valence-corrected chi connectivity index (χ4v) is 10.9. The molecular formula is C57H41NS. The van der Waals surface area contributed by atoms with Crippen LogP contribution < -0.4 is 4.90 Å². The highest BCUT2D eigenvalue weighted by Gasteiger charge is 2.43. The van der Waals surface area contributed by atoms with Gasteiger partial charge in [0, 0.05) is 43.5 Å². The Labute approximate surface area is 350 Å². The van der Waals surface area contributed by atoms with Crippen molar-refractivity contribution in [2.45, 2.75) is 18.9 Å². The quantitative estimate of drug-likeness (QED) is 0.149. The third-order valence-electron chi connectivity index (χ3n) is 12.4. The zero-order valence-corrected chi connectivity index (χ0v) is 33.7. The highest BCUT2D eigenvalue weighted by molar-refractivity contribution is 7.26. The molecule has 0 saturated carbocycles. The first-order valence-corrected chi connectivity index (χ1v) is 21.3. The van der Waals surface area contributed by atoms with Crippen LogP contribution in [0.3, 0.4) is 0 Å². The Morgan fingerprint density at radius 3 is 1.49 bits per heavy atom. The smallest absolute Gasteiger partial charge is 0.0485 e. The summed E-state index contributed by atoms with van der Waals surface area (Å²) in [4.78, 5) is 2.54. The predicted octanol–water partition coefficient (Wildman–Crippen LogP) is 15.7. The van der Waals surface area contributed by atoms with Crippen molar-refractivity contribution in [3.63, 3.8) is 0 Å². The van der Waals surface area contributed by atoms with Crippen LogP contribution >= 0.6 is 11.3 Å². The van der Waals surface area contributed by atoms with Crippen LogP contribution in [0.15, 0.2) is 218 Å². The molecule has 9 aromatic carbocycles. The average Bonchev–Trinajstić information content (AvgIpc) is 3.82. The first-order chi connectivity index (χ1) is 29.1. The van der Waals surface area contributed by atoms with Crippen LogP contribution in [0.1, 0.15) is 29.2 Å². The molecule has 0 bridgehead atoms. The van der Waals surface area contributed by atoms with Gasteiger partial charge in [0.25, 0.3) is 0 Å². The molecule has 1 nitrogen and oxygen atoms in total. The van der Waals surface area contributed by atoms with Crippen LogP contribution in [0.5, 0.6) is 0 Å². The lowest BCUT2D eigenvalue weighted by molar-refractivity contribution is 0.708. The van der Waals surface area contributed by atoms with E-state index in [0.29, 0.717) is 6.54 Å². The van der Waals surface area contributed by atoms with E-state index < -0.39 is 0 Å². The van der Waals surface area contributed by atoms with Gasteiger partial charge >= 0.3 is 0 Å². The third kappa shape index (κ3) is 5.99. The van der Waals surface area contributed by atoms with Crippen molar-refractivity contribution >= 4 is 42.9 Å². The van der Waals surface area contributed by atoms with Gasteiger partial charge in [0.1, 0.15) is 0 Å². The van der Waals surface area contributed by atoms with Crippen LogP contribution in [0.2, 0.25) is 0 Å². The number of anilines is 2. The van der Waals surface area contributed by atoms with Gasteiger partial charge in [0.2, 0.25) is 0 Å². The number of thiophene rings is 1. The average molecular weight is 772 g/mol. The van der Waals surface area contributed by atoms with E-state index >= 15 is 0 Å². The summed E-state index contributed by atoms with van der Waals surface area (Å²) in [6, 6.07) is 80.4. The van der Waals surface area contributed by atoms with Gasteiger partial charge in [-0.25, -0.2) is 0 Å². The Kier molecular flexibility index (Phi) is 8.61. The molecule has 1 aliphatic rings. The Morgan fingerprint density at radius 1 is 0.407 bits per heavy atom. The molecule has 59 heavy (non-hydrogen) atoms. The summed E-state index contributed by atoms with van der Waals surface area (Å²) in [5.41, 5.74) is 17.2. The lowest BCUT2D eigenvalue weighted by Gasteiger charge is -2.34. The Hall–Kier alpha value is -7.00. The first kappa shape index (κ1) is 35.2. The summed E-state index contributed by atoms with van der Waals surface area (Å²) < 4.78 is 2.68. The minimum Gasteiger partial charge on any atom is -0.337 e. The molecule has 0 N–H and O–H groups in total. The van der Waals surface area contributed by atoms with E-state index in [1.54, 1.807) is 0 Å². The number of nitrogens with zero attached hydrogens (tertiary/aromatic N) is 1. The molecule has 0 saturated heterocycles. The van der Waals surface area contributed by atoms with Crippen molar-refractivity contribution in [1.82, 2.24) is 0 Å². The van der Waals surface area contributed by atoms with Crippen molar-refractivity contribution in [2.75, 3.05) is 4.90 Å². The van der Waals surface area contributed by atoms with Crippen molar-refractivity contribution < 1.29 is 0 Å². The minimum absolute atomic E-state index is 0.382. The van der Waals surface area contributed by atoms with Crippen LogP contribution in [-0.2, 0) is 12.0 Å². The van der Waals surface area contributed by atoms with E-state index in [0.717, 1.165) is 11.4 Å². The number of fused-ring (bicyclic) bond motifs is 6. The summed E-state index contributed by atoms with van der Waals surface area (Å²) >= 11 is 1.94. The van der Waals surface area contributed by atoms with Gasteiger partial charge in [-0.1, -0.05) is 182 Å². The fourth-order valence-electron chi connectivity index (χ4n) is 9.56. The SMILES string of the molecule is CC1(c2c(CN(c3ccc(-c4ccccc4)cc3)c3cc(-c4ccccc4)cc(-c4ccccc4)c3)ccc3c2sc2ccccc23)c2ccccc2-c2ccccc21. The normalized spacial score (nSPS) is 12.7. The van der Waals surface area contributed by atoms with Gasteiger partial charge in [-0.3, -0.25) is 0 Å². The molecule has 0 fully saturated rings. The maximum Gasteiger partial charge on any atom is 0.0485 e. The molecule has 0 atom stereocenters. The van der Waals surface area contributed by atoms with Crippen LogP contribution in [0, 0.1) is 0 Å². The van der Waals surface area contributed by atoms with Crippen molar-refractivity contribution in [1.29, 1.82) is 0 Å². The van der Waals surface area contributed by atoms with Gasteiger partial charge in [0.15, 0.2) is 0 Å². The van der Waals surface area contributed by atoms with Gasteiger partial charge in [-0.2, -0.15) is 0 Å². The number of hydrogen-bond donors (Lipinski definition) is 0. The van der Waals surface area contributed by atoms with E-state index in [9.17, 15) is 0 Å². The number of benzene rings is 9. The van der Waals surface area contributed by atoms with Gasteiger partial charge in [0.05, 0.1) is 0 Å². The molecule has 0 spiro atoms. The van der Waals surface area contributed by atoms with Crippen LogP contribution in [0.4, 0.5) is 11.4 Å². The third-order valence-corrected chi connectivity index (χ3v) is 13.6. The maximum absolute atomic E-state index is 2.54. The highest BCUT2D eigenvalue weighted by Crippen LogP contribution is 2.56. The molecule has 1 aromatic heterocycles. The minimum atomic E-state index is -0.382. The highest BCUT2D eigenvalue weighted by atomic mass is 32.1. The van der Waals surface area contributed by atoms with Crippen molar-refractivity contribution in [2.24, 2.45) is 0 Å². The van der Waals surface area contributed by atoms with Gasteiger partial charge < -0.3 is 4.90 Å². The topological polar surface area (TPSA) is 3.24 Å². The molecule has 1 aliphatic carbocycles. The van der Waals surface area contributed by atoms with E-state index in [1.165, 1.54) is 86.9 Å². The molecule has 11 rings (SSSR count). The molecular weight excluding hydrogens is 731 g/mol. The molecule has 1 heterocycles. The molecule has 0 unspecified atom stereocenters. The summed E-state index contributed by atoms with van der Waals surface area (Å²) in [6.07, 6.45) is 0. The number of rotatable bonds is 8. The second kappa shape index (κ2) is 14.4. The molecule has 0 radical (unpaired) electrons. The van der Waals surface area contributed by atoms with Gasteiger partial charge in [-0.05, 0) is 110 Å². The zero-order chi connectivity index (χ0) is 39.3. The molecule has 0 aliphatic heterocycles. The monoisotopic (exact) mass is 771 g/mol. The summed E-state index contributed by atoms with van der Waals surface area (Å²) in [5.74, 6) is 0. The summed E-state index contributed by atoms with van der Waals surface area (Å²) in [5, 5.41) is 2.64. The lowest BCUT2D eigenvalue weighted by Crippen LogP contribution is -2.27. The molecule has 2 heteroatoms. The van der Waals surface area contributed by atoms with Crippen LogP contribution in [-0.4, -0.2) is 0 Å². The van der Waals surface area contributed by atoms with E-state index in [2.05, 4.69) is 230 Å². The predicted molar refractivity (Wildman–Crippen MR) is 252 cm³/mol. The molecule has 0 amide bonds. The van der Waals surface area contributed by atoms with Crippen molar-refractivity contribution in [3.05, 3.63) is 241 Å². The fraction of sp³-hybridized carbons (Fsp3) is 0.0526. The zero-order valence-electron chi connectivity index (χ0n) is 32.8. The summed E-state index contributed by atoms with van der Waals surface area (Å²) in [6.45, 7) is 3.15. The Bertz CT molecular complexity index is 3020. The Balaban J connectivity index is 1.17. The largest absolute Gasteiger partial charge is 0.337 e. The van der Waals surface area contributed by atoms with Gasteiger partial charge in [-0.15, -0.1) is 11.3 Å². The first-order valence-electron chi connectivity index (χ1n) is 20.5. The maximum atomic E-state index is 2.54. The van der Waals surface area contributed by atoms with E-state index in [-0.39, 0.29) is 5.41 Å². The second-order valence-corrected chi connectivity index (χ2v) is 16.8. The van der Waals surface area contributed by atoms with Crippen molar-refractivity contribution in [3.8, 4) is 44.5 Å². The Morgan fingerprint density at radius 2 is 0.898 bits per heavy atom. The van der Waals surface area contributed by atoms with E-state index in [4.69, 9.17) is 0 Å². The second-order valence-electron chi connectivity index (χ2n) is 15.8. The lowest BCUT2D eigenvalue weighted by atomic mass is 9.72. The molecule has 280 valence electrons. The van der Waals surface area contributed by atoms with E-state index in [1.807, 2.05) is 11.3 Å². The molecule has 10 aromatic rings. The summed E-state index contributed by atoms with van der Waals surface area (Å²) in [7, 11) is 0. The van der Waals surface area contributed by atoms with Crippen LogP contribution in [0.25, 0.3) is 64.7 Å². The number of hydrogen-bond acceptors (Lipinski definition) is 2.